The normalized spacial score (nSPS) is 21.1. The van der Waals surface area contributed by atoms with E-state index in [2.05, 4.69) is 0 Å². The summed E-state index contributed by atoms with van der Waals surface area (Å²) in [5, 5.41) is 0. The molecule has 3 rings (SSSR count). The number of amides is 1. The van der Waals surface area contributed by atoms with Gasteiger partial charge in [0, 0.05) is 38.8 Å². The van der Waals surface area contributed by atoms with Gasteiger partial charge in [0.15, 0.2) is 0 Å². The average Bonchev–Trinajstić information content (AvgIpc) is 2.74. The Morgan fingerprint density at radius 3 is 2.34 bits per heavy atom. The molecule has 2 aliphatic rings. The first-order valence-electron chi connectivity index (χ1n) is 10.7. The van der Waals surface area contributed by atoms with Crippen molar-refractivity contribution < 1.29 is 17.6 Å². The molecule has 0 radical (unpaired) electrons. The standard InChI is InChI=1S/C21H32FN3O3S/c1-3-25(18-9-5-4-6-10-18)21(26)17(2)23-13-15-24(16-14-23)29(27,28)20-12-8-7-11-19(20)22/h7-8,11-12,17-18H,3-6,9-10,13-16H2,1-2H3/t17-/m1/s1. The molecule has 6 nitrogen and oxygen atoms in total. The zero-order valence-electron chi connectivity index (χ0n) is 17.4. The molecule has 162 valence electrons. The molecule has 2 fully saturated rings. The first-order chi connectivity index (χ1) is 13.9. The molecule has 1 aliphatic carbocycles. The maximum atomic E-state index is 14.0. The van der Waals surface area contributed by atoms with Crippen LogP contribution in [0.4, 0.5) is 4.39 Å². The molecule has 1 saturated carbocycles. The van der Waals surface area contributed by atoms with E-state index in [1.807, 2.05) is 23.6 Å². The number of likely N-dealkylation sites (N-methyl/N-ethyl adjacent to an activating group) is 1. The van der Waals surface area contributed by atoms with Crippen molar-refractivity contribution in [2.45, 2.75) is 62.9 Å². The molecule has 1 atom stereocenters. The van der Waals surface area contributed by atoms with Crippen LogP contribution in [0.25, 0.3) is 0 Å². The van der Waals surface area contributed by atoms with E-state index in [1.165, 1.54) is 41.8 Å². The number of carbonyl (C=O) groups is 1. The van der Waals surface area contributed by atoms with Crippen molar-refractivity contribution in [1.82, 2.24) is 14.1 Å². The minimum atomic E-state index is -3.86. The molecule has 1 aromatic rings. The lowest BCUT2D eigenvalue weighted by atomic mass is 9.93. The summed E-state index contributed by atoms with van der Waals surface area (Å²) in [6.07, 6.45) is 5.74. The van der Waals surface area contributed by atoms with Crippen LogP contribution in [0.2, 0.25) is 0 Å². The maximum absolute atomic E-state index is 14.0. The van der Waals surface area contributed by atoms with Crippen LogP contribution in [0.15, 0.2) is 29.2 Å². The van der Waals surface area contributed by atoms with Gasteiger partial charge in [-0.05, 0) is 38.8 Å². The zero-order valence-corrected chi connectivity index (χ0v) is 18.2. The third-order valence-electron chi connectivity index (χ3n) is 6.27. The molecule has 1 aliphatic heterocycles. The number of sulfonamides is 1. The Kier molecular flexibility index (Phi) is 7.29. The van der Waals surface area contributed by atoms with Crippen LogP contribution in [0, 0.1) is 5.82 Å². The van der Waals surface area contributed by atoms with Crippen LogP contribution in [-0.2, 0) is 14.8 Å². The molecule has 1 aromatic carbocycles. The minimum Gasteiger partial charge on any atom is -0.339 e. The van der Waals surface area contributed by atoms with Crippen molar-refractivity contribution in [3.8, 4) is 0 Å². The summed E-state index contributed by atoms with van der Waals surface area (Å²) in [6, 6.07) is 5.51. The highest BCUT2D eigenvalue weighted by molar-refractivity contribution is 7.89. The van der Waals surface area contributed by atoms with Gasteiger partial charge >= 0.3 is 0 Å². The number of hydrogen-bond donors (Lipinski definition) is 0. The van der Waals surface area contributed by atoms with Crippen molar-refractivity contribution in [2.75, 3.05) is 32.7 Å². The minimum absolute atomic E-state index is 0.129. The highest BCUT2D eigenvalue weighted by Crippen LogP contribution is 2.25. The molecule has 1 heterocycles. The maximum Gasteiger partial charge on any atom is 0.246 e. The lowest BCUT2D eigenvalue weighted by molar-refractivity contribution is -0.139. The Bertz CT molecular complexity index is 803. The van der Waals surface area contributed by atoms with Gasteiger partial charge < -0.3 is 4.90 Å². The second-order valence-corrected chi connectivity index (χ2v) is 9.87. The first kappa shape index (κ1) is 22.2. The average molecular weight is 426 g/mol. The molecule has 0 N–H and O–H groups in total. The SMILES string of the molecule is CCN(C(=O)[C@@H](C)N1CCN(S(=O)(=O)c2ccccc2F)CC1)C1CCCCC1. The fourth-order valence-corrected chi connectivity index (χ4v) is 5.99. The number of hydrogen-bond acceptors (Lipinski definition) is 4. The summed E-state index contributed by atoms with van der Waals surface area (Å²) in [4.78, 5) is 16.9. The molecule has 0 spiro atoms. The van der Waals surface area contributed by atoms with Gasteiger partial charge in [0.25, 0.3) is 0 Å². The molecule has 1 amide bonds. The molecule has 1 saturated heterocycles. The summed E-state index contributed by atoms with van der Waals surface area (Å²) < 4.78 is 40.8. The van der Waals surface area contributed by atoms with Gasteiger partial charge in [0.1, 0.15) is 10.7 Å². The van der Waals surface area contributed by atoms with E-state index >= 15 is 0 Å². The number of halogens is 1. The fraction of sp³-hybridized carbons (Fsp3) is 0.667. The smallest absolute Gasteiger partial charge is 0.246 e. The lowest BCUT2D eigenvalue weighted by Crippen LogP contribution is -2.56. The predicted octanol–water partition coefficient (Wildman–Crippen LogP) is 2.70. The Hall–Kier alpha value is -1.51. The fourth-order valence-electron chi connectivity index (χ4n) is 4.51. The zero-order chi connectivity index (χ0) is 21.0. The van der Waals surface area contributed by atoms with Crippen LogP contribution in [0.1, 0.15) is 46.0 Å². The second kappa shape index (κ2) is 9.53. The molecule has 0 bridgehead atoms. The quantitative estimate of drug-likeness (QED) is 0.703. The largest absolute Gasteiger partial charge is 0.339 e. The molecule has 8 heteroatoms. The van der Waals surface area contributed by atoms with Gasteiger partial charge in [0.2, 0.25) is 15.9 Å². The monoisotopic (exact) mass is 425 g/mol. The van der Waals surface area contributed by atoms with Gasteiger partial charge in [-0.1, -0.05) is 31.4 Å². The molecule has 0 unspecified atom stereocenters. The first-order valence-corrected chi connectivity index (χ1v) is 12.1. The van der Waals surface area contributed by atoms with Gasteiger partial charge in [-0.15, -0.1) is 0 Å². The number of nitrogens with zero attached hydrogens (tertiary/aromatic N) is 3. The third-order valence-corrected chi connectivity index (χ3v) is 8.20. The Labute approximate surface area is 173 Å². The van der Waals surface area contributed by atoms with E-state index in [9.17, 15) is 17.6 Å². The number of carbonyl (C=O) groups excluding carboxylic acids is 1. The summed E-state index contributed by atoms with van der Waals surface area (Å²) in [5.74, 6) is -0.602. The van der Waals surface area contributed by atoms with Crippen molar-refractivity contribution in [1.29, 1.82) is 0 Å². The predicted molar refractivity (Wildman–Crippen MR) is 110 cm³/mol. The Balaban J connectivity index is 1.62. The van der Waals surface area contributed by atoms with Crippen molar-refractivity contribution in [3.05, 3.63) is 30.1 Å². The van der Waals surface area contributed by atoms with E-state index < -0.39 is 15.8 Å². The number of benzene rings is 1. The molecule has 29 heavy (non-hydrogen) atoms. The number of rotatable bonds is 6. The van der Waals surface area contributed by atoms with Crippen molar-refractivity contribution in [2.24, 2.45) is 0 Å². The van der Waals surface area contributed by atoms with Crippen molar-refractivity contribution in [3.63, 3.8) is 0 Å². The van der Waals surface area contributed by atoms with Crippen LogP contribution in [-0.4, -0.2) is 73.2 Å². The van der Waals surface area contributed by atoms with Crippen molar-refractivity contribution >= 4 is 15.9 Å². The Morgan fingerprint density at radius 1 is 1.14 bits per heavy atom. The Morgan fingerprint density at radius 2 is 1.76 bits per heavy atom. The second-order valence-electron chi connectivity index (χ2n) is 7.96. The molecular formula is C21H32FN3O3S. The summed E-state index contributed by atoms with van der Waals surface area (Å²) in [7, 11) is -3.86. The highest BCUT2D eigenvalue weighted by atomic mass is 32.2. The van der Waals surface area contributed by atoms with Gasteiger partial charge in [-0.25, -0.2) is 12.8 Å². The van der Waals surface area contributed by atoms with Crippen LogP contribution < -0.4 is 0 Å². The van der Waals surface area contributed by atoms with E-state index in [-0.39, 0.29) is 29.9 Å². The number of piperazine rings is 1. The van der Waals surface area contributed by atoms with Crippen LogP contribution >= 0.6 is 0 Å². The van der Waals surface area contributed by atoms with E-state index in [4.69, 9.17) is 0 Å². The molecule has 0 aromatic heterocycles. The van der Waals surface area contributed by atoms with Gasteiger partial charge in [-0.3, -0.25) is 9.69 Å². The highest BCUT2D eigenvalue weighted by Gasteiger charge is 2.35. The van der Waals surface area contributed by atoms with E-state index in [1.54, 1.807) is 0 Å². The lowest BCUT2D eigenvalue weighted by Gasteiger charge is -2.40. The third kappa shape index (κ3) is 4.81. The van der Waals surface area contributed by atoms with Gasteiger partial charge in [-0.2, -0.15) is 4.31 Å². The molecular weight excluding hydrogens is 393 g/mol. The van der Waals surface area contributed by atoms with Gasteiger partial charge in [0.05, 0.1) is 6.04 Å². The summed E-state index contributed by atoms with van der Waals surface area (Å²) in [6.45, 7) is 6.07. The topological polar surface area (TPSA) is 60.9 Å². The van der Waals surface area contributed by atoms with Crippen LogP contribution in [0.5, 0.6) is 0 Å². The summed E-state index contributed by atoms with van der Waals surface area (Å²) in [5.41, 5.74) is 0. The van der Waals surface area contributed by atoms with E-state index in [0.29, 0.717) is 25.7 Å². The van der Waals surface area contributed by atoms with Crippen LogP contribution in [0.3, 0.4) is 0 Å². The summed E-state index contributed by atoms with van der Waals surface area (Å²) >= 11 is 0. The van der Waals surface area contributed by atoms with E-state index in [0.717, 1.165) is 18.9 Å².